The number of hydrogen-bond donors (Lipinski definition) is 2. The van der Waals surface area contributed by atoms with E-state index in [1.54, 1.807) is 24.3 Å². The van der Waals surface area contributed by atoms with E-state index in [1.165, 1.54) is 19.9 Å². The molecule has 7 nitrogen and oxygen atoms in total. The number of benzene rings is 2. The molecule has 1 heterocycles. The summed E-state index contributed by atoms with van der Waals surface area (Å²) in [6.07, 6.45) is 0. The highest BCUT2D eigenvalue weighted by atomic mass is 16.2. The zero-order valence-electron chi connectivity index (χ0n) is 12.5. The van der Waals surface area contributed by atoms with Crippen molar-refractivity contribution >= 4 is 40.1 Å². The lowest BCUT2D eigenvalue weighted by Gasteiger charge is -2.27. The maximum Gasteiger partial charge on any atom is 0.280 e. The summed E-state index contributed by atoms with van der Waals surface area (Å²) in [6.45, 7) is 2.57. The molecule has 2 aromatic rings. The highest BCUT2D eigenvalue weighted by molar-refractivity contribution is 6.26. The van der Waals surface area contributed by atoms with Gasteiger partial charge in [-0.15, -0.1) is 0 Å². The molecule has 0 unspecified atom stereocenters. The van der Waals surface area contributed by atoms with E-state index in [4.69, 9.17) is 0 Å². The fourth-order valence-electron chi connectivity index (χ4n) is 2.64. The highest BCUT2D eigenvalue weighted by Crippen LogP contribution is 2.32. The minimum absolute atomic E-state index is 0.246. The molecule has 0 fully saturated rings. The number of nitrogens with zero attached hydrogens (tertiary/aromatic N) is 1. The van der Waals surface area contributed by atoms with Crippen molar-refractivity contribution in [3.05, 3.63) is 41.5 Å². The molecule has 0 spiro atoms. The molecule has 4 amide bonds. The molecule has 0 saturated carbocycles. The first-order valence-electron chi connectivity index (χ1n) is 6.89. The number of nitrogens with one attached hydrogen (secondary N) is 2. The molecule has 1 aliphatic heterocycles. The number of hydrazine groups is 1. The van der Waals surface area contributed by atoms with Crippen molar-refractivity contribution in [1.29, 1.82) is 0 Å². The normalized spacial score (nSPS) is 13.2. The van der Waals surface area contributed by atoms with Crippen LogP contribution < -0.4 is 10.7 Å². The van der Waals surface area contributed by atoms with Gasteiger partial charge in [-0.05, 0) is 23.6 Å². The van der Waals surface area contributed by atoms with Gasteiger partial charge in [0.05, 0.1) is 11.1 Å². The Morgan fingerprint density at radius 2 is 1.65 bits per heavy atom. The molecule has 2 aromatic carbocycles. The van der Waals surface area contributed by atoms with Crippen molar-refractivity contribution in [2.24, 2.45) is 0 Å². The molecule has 0 atom stereocenters. The van der Waals surface area contributed by atoms with Crippen LogP contribution in [0.2, 0.25) is 0 Å². The van der Waals surface area contributed by atoms with E-state index >= 15 is 0 Å². The molecule has 7 heteroatoms. The average Bonchev–Trinajstić information content (AvgIpc) is 2.47. The van der Waals surface area contributed by atoms with E-state index in [9.17, 15) is 19.2 Å². The summed E-state index contributed by atoms with van der Waals surface area (Å²) in [7, 11) is 0. The van der Waals surface area contributed by atoms with Crippen LogP contribution in [0.25, 0.3) is 10.8 Å². The highest BCUT2D eigenvalue weighted by Gasteiger charge is 2.34. The quantitative estimate of drug-likeness (QED) is 0.820. The van der Waals surface area contributed by atoms with Crippen molar-refractivity contribution in [1.82, 2.24) is 10.4 Å². The lowest BCUT2D eigenvalue weighted by Crippen LogP contribution is -2.51. The summed E-state index contributed by atoms with van der Waals surface area (Å²) in [5, 5.41) is 4.48. The van der Waals surface area contributed by atoms with Crippen molar-refractivity contribution in [2.45, 2.75) is 13.8 Å². The number of imide groups is 1. The van der Waals surface area contributed by atoms with Crippen molar-refractivity contribution in [3.8, 4) is 0 Å². The van der Waals surface area contributed by atoms with Gasteiger partial charge in [0.2, 0.25) is 11.8 Å². The molecule has 116 valence electrons. The van der Waals surface area contributed by atoms with E-state index in [0.717, 1.165) is 0 Å². The van der Waals surface area contributed by atoms with Crippen LogP contribution in [0.4, 0.5) is 5.69 Å². The predicted octanol–water partition coefficient (Wildman–Crippen LogP) is 1.45. The molecule has 0 radical (unpaired) electrons. The van der Waals surface area contributed by atoms with E-state index in [-0.39, 0.29) is 11.5 Å². The molecule has 0 bridgehead atoms. The Balaban J connectivity index is 2.24. The molecule has 1 aliphatic rings. The number of carbonyl (C=O) groups excluding carboxylic acids is 4. The summed E-state index contributed by atoms with van der Waals surface area (Å²) >= 11 is 0. The van der Waals surface area contributed by atoms with Gasteiger partial charge in [0.1, 0.15) is 0 Å². The Labute approximate surface area is 131 Å². The van der Waals surface area contributed by atoms with Gasteiger partial charge < -0.3 is 5.32 Å². The average molecular weight is 311 g/mol. The number of anilines is 1. The zero-order chi connectivity index (χ0) is 16.7. The van der Waals surface area contributed by atoms with Crippen molar-refractivity contribution < 1.29 is 19.2 Å². The van der Waals surface area contributed by atoms with Crippen LogP contribution in [0.5, 0.6) is 0 Å². The summed E-state index contributed by atoms with van der Waals surface area (Å²) in [4.78, 5) is 47.5. The second-order valence-corrected chi connectivity index (χ2v) is 5.22. The molecule has 0 aliphatic carbocycles. The third-order valence-corrected chi connectivity index (χ3v) is 3.43. The Morgan fingerprint density at radius 1 is 0.957 bits per heavy atom. The number of amides is 4. The lowest BCUT2D eigenvalue weighted by molar-refractivity contribution is -0.122. The summed E-state index contributed by atoms with van der Waals surface area (Å²) in [5.74, 6) is -2.03. The first-order valence-corrected chi connectivity index (χ1v) is 6.89. The van der Waals surface area contributed by atoms with E-state index in [0.29, 0.717) is 27.0 Å². The Morgan fingerprint density at radius 3 is 2.30 bits per heavy atom. The second kappa shape index (κ2) is 5.20. The van der Waals surface area contributed by atoms with Gasteiger partial charge >= 0.3 is 0 Å². The minimum Gasteiger partial charge on any atom is -0.326 e. The smallest absolute Gasteiger partial charge is 0.280 e. The number of carbonyl (C=O) groups is 4. The maximum atomic E-state index is 12.6. The summed E-state index contributed by atoms with van der Waals surface area (Å²) in [5.41, 5.74) is 3.25. The van der Waals surface area contributed by atoms with Gasteiger partial charge in [-0.1, -0.05) is 12.1 Å². The van der Waals surface area contributed by atoms with Crippen molar-refractivity contribution in [3.63, 3.8) is 0 Å². The maximum absolute atomic E-state index is 12.6. The Hall–Kier alpha value is -3.22. The third kappa shape index (κ3) is 2.42. The monoisotopic (exact) mass is 311 g/mol. The van der Waals surface area contributed by atoms with E-state index in [2.05, 4.69) is 10.7 Å². The first-order chi connectivity index (χ1) is 10.9. The van der Waals surface area contributed by atoms with Gasteiger partial charge in [-0.25, -0.2) is 0 Å². The molecule has 0 saturated heterocycles. The molecular weight excluding hydrogens is 298 g/mol. The predicted molar refractivity (Wildman–Crippen MR) is 82.6 cm³/mol. The Kier molecular flexibility index (Phi) is 3.33. The number of rotatable bonds is 2. The fraction of sp³-hybridized carbons (Fsp3) is 0.125. The van der Waals surface area contributed by atoms with Crippen LogP contribution in [-0.4, -0.2) is 28.6 Å². The van der Waals surface area contributed by atoms with Gasteiger partial charge in [0.25, 0.3) is 11.8 Å². The van der Waals surface area contributed by atoms with Gasteiger partial charge in [0, 0.05) is 24.9 Å². The largest absolute Gasteiger partial charge is 0.326 e. The van der Waals surface area contributed by atoms with Gasteiger partial charge in [0.15, 0.2) is 0 Å². The molecule has 2 N–H and O–H groups in total. The fourth-order valence-corrected chi connectivity index (χ4v) is 2.64. The lowest BCUT2D eigenvalue weighted by atomic mass is 9.94. The van der Waals surface area contributed by atoms with Crippen molar-refractivity contribution in [2.75, 3.05) is 5.32 Å². The second-order valence-electron chi connectivity index (χ2n) is 5.22. The SMILES string of the molecule is CC(=O)Nc1cc2c3c(cccc3c1)C(=O)N(NC(C)=O)C2=O. The summed E-state index contributed by atoms with van der Waals surface area (Å²) < 4.78 is 0. The first kappa shape index (κ1) is 14.7. The Bertz CT molecular complexity index is 888. The minimum atomic E-state index is -0.638. The molecule has 23 heavy (non-hydrogen) atoms. The molecule has 3 rings (SSSR count). The van der Waals surface area contributed by atoms with E-state index in [1.807, 2.05) is 0 Å². The standard InChI is InChI=1S/C16H13N3O4/c1-8(20)17-11-6-10-4-3-5-12-14(10)13(7-11)16(23)19(15(12)22)18-9(2)21/h3-7H,1-2H3,(H,17,20)(H,18,21). The van der Waals surface area contributed by atoms with E-state index < -0.39 is 17.7 Å². The van der Waals surface area contributed by atoms with Crippen LogP contribution in [0.3, 0.4) is 0 Å². The molecular formula is C16H13N3O4. The van der Waals surface area contributed by atoms with Gasteiger partial charge in [-0.3, -0.25) is 24.6 Å². The number of hydrogen-bond acceptors (Lipinski definition) is 4. The molecule has 0 aromatic heterocycles. The van der Waals surface area contributed by atoms with Gasteiger partial charge in [-0.2, -0.15) is 5.01 Å². The van der Waals surface area contributed by atoms with Crippen LogP contribution in [0.1, 0.15) is 34.6 Å². The van der Waals surface area contributed by atoms with Crippen LogP contribution in [0, 0.1) is 0 Å². The van der Waals surface area contributed by atoms with Crippen LogP contribution in [0.15, 0.2) is 30.3 Å². The zero-order valence-corrected chi connectivity index (χ0v) is 12.5. The summed E-state index contributed by atoms with van der Waals surface area (Å²) in [6, 6.07) is 8.21. The van der Waals surface area contributed by atoms with Crippen LogP contribution in [-0.2, 0) is 9.59 Å². The third-order valence-electron chi connectivity index (χ3n) is 3.43. The van der Waals surface area contributed by atoms with Crippen LogP contribution >= 0.6 is 0 Å². The topological polar surface area (TPSA) is 95.6 Å².